The highest BCUT2D eigenvalue weighted by Gasteiger charge is 2.25. The monoisotopic (exact) mass is 1310 g/mol. The molecule has 0 spiro atoms. The molecule has 542 valence electrons. The Bertz CT molecular complexity index is 1760. The van der Waals surface area contributed by atoms with E-state index in [9.17, 15) is 19.5 Å². The van der Waals surface area contributed by atoms with E-state index in [-0.39, 0.29) is 38.2 Å². The van der Waals surface area contributed by atoms with Crippen molar-refractivity contribution in [1.29, 1.82) is 0 Å². The molecule has 0 aliphatic carbocycles. The van der Waals surface area contributed by atoms with Gasteiger partial charge in [0, 0.05) is 12.8 Å². The Labute approximate surface area is 577 Å². The maximum atomic E-state index is 13.0. The average molecular weight is 1310 g/mol. The second kappa shape index (κ2) is 74.5. The minimum Gasteiger partial charge on any atom is -0.477 e. The van der Waals surface area contributed by atoms with Gasteiger partial charge in [0.15, 0.2) is 6.10 Å². The molecule has 0 bridgehead atoms. The number of hydrogen-bond acceptors (Lipinski definition) is 7. The van der Waals surface area contributed by atoms with E-state index in [4.69, 9.17) is 18.9 Å². The number of carboxylic acids is 1. The lowest BCUT2D eigenvalue weighted by atomic mass is 10.0. The molecule has 9 heteroatoms. The molecule has 0 aromatic rings. The van der Waals surface area contributed by atoms with Gasteiger partial charge in [-0.2, -0.15) is 0 Å². The lowest BCUT2D eigenvalue weighted by Gasteiger charge is -2.25. The first-order valence-electron chi connectivity index (χ1n) is 40.1. The normalized spacial score (nSPS) is 13.0. The van der Waals surface area contributed by atoms with Gasteiger partial charge < -0.3 is 28.5 Å². The molecule has 0 saturated carbocycles. The number of allylic oxidation sites excluding steroid dienone is 12. The van der Waals surface area contributed by atoms with Crippen molar-refractivity contribution in [3.05, 3.63) is 72.9 Å². The number of likely N-dealkylation sites (N-methyl/N-ethyl adjacent to an activating group) is 1. The predicted molar refractivity (Wildman–Crippen MR) is 401 cm³/mol. The zero-order valence-corrected chi connectivity index (χ0v) is 62.2. The molecule has 2 atom stereocenters. The van der Waals surface area contributed by atoms with Crippen LogP contribution in [0.5, 0.6) is 0 Å². The fraction of sp³-hybridized carbons (Fsp3) is 0.821. The molecule has 0 aliphatic heterocycles. The fourth-order valence-electron chi connectivity index (χ4n) is 11.9. The van der Waals surface area contributed by atoms with Gasteiger partial charge in [-0.3, -0.25) is 9.59 Å². The van der Waals surface area contributed by atoms with Gasteiger partial charge in [-0.15, -0.1) is 0 Å². The smallest absolute Gasteiger partial charge is 0.361 e. The fourth-order valence-corrected chi connectivity index (χ4v) is 11.9. The lowest BCUT2D eigenvalue weighted by Crippen LogP contribution is -2.40. The molecule has 0 aromatic heterocycles. The first kappa shape index (κ1) is 89.7. The maximum absolute atomic E-state index is 13.0. The number of rotatable bonds is 75. The summed E-state index contributed by atoms with van der Waals surface area (Å²) >= 11 is 0. The summed E-state index contributed by atoms with van der Waals surface area (Å²) in [5.74, 6) is -1.98. The van der Waals surface area contributed by atoms with Crippen LogP contribution in [-0.4, -0.2) is 87.4 Å². The van der Waals surface area contributed by atoms with Crippen molar-refractivity contribution in [1.82, 2.24) is 0 Å². The number of nitrogens with zero attached hydrogens (tertiary/aromatic N) is 1. The third-order valence-electron chi connectivity index (χ3n) is 17.9. The van der Waals surface area contributed by atoms with Gasteiger partial charge in [-0.05, 0) is 83.5 Å². The number of carbonyl (C=O) groups is 3. The first-order valence-corrected chi connectivity index (χ1v) is 40.1. The number of aliphatic carboxylic acids is 1. The van der Waals surface area contributed by atoms with Crippen molar-refractivity contribution in [2.75, 3.05) is 47.5 Å². The third-order valence-corrected chi connectivity index (χ3v) is 17.9. The minimum absolute atomic E-state index is 0.177. The highest BCUT2D eigenvalue weighted by atomic mass is 16.7. The van der Waals surface area contributed by atoms with Crippen LogP contribution in [0.4, 0.5) is 0 Å². The summed E-state index contributed by atoms with van der Waals surface area (Å²) in [6, 6.07) is 0. The molecular formula is C84H154NO8+. The van der Waals surface area contributed by atoms with Crippen LogP contribution >= 0.6 is 0 Å². The van der Waals surface area contributed by atoms with Crippen LogP contribution in [0.1, 0.15) is 386 Å². The number of unbranched alkanes of at least 4 members (excludes halogenated alkanes) is 48. The van der Waals surface area contributed by atoms with Gasteiger partial charge in [0.1, 0.15) is 13.2 Å². The van der Waals surface area contributed by atoms with Crippen LogP contribution < -0.4 is 0 Å². The summed E-state index contributed by atoms with van der Waals surface area (Å²) in [4.78, 5) is 37.7. The summed E-state index contributed by atoms with van der Waals surface area (Å²) in [6.07, 6.45) is 97.7. The van der Waals surface area contributed by atoms with Crippen LogP contribution in [0.3, 0.4) is 0 Å². The largest absolute Gasteiger partial charge is 0.477 e. The van der Waals surface area contributed by atoms with Gasteiger partial charge in [-0.25, -0.2) is 4.79 Å². The molecule has 0 amide bonds. The van der Waals surface area contributed by atoms with Gasteiger partial charge in [0.05, 0.1) is 34.4 Å². The molecule has 93 heavy (non-hydrogen) atoms. The number of esters is 2. The molecular weight excluding hydrogens is 1150 g/mol. The molecule has 0 saturated heterocycles. The Hall–Kier alpha value is -3.27. The van der Waals surface area contributed by atoms with Gasteiger partial charge in [0.25, 0.3) is 6.29 Å². The highest BCUT2D eigenvalue weighted by molar-refractivity contribution is 5.71. The van der Waals surface area contributed by atoms with Crippen molar-refractivity contribution in [2.24, 2.45) is 0 Å². The number of carbonyl (C=O) groups excluding carboxylic acids is 2. The summed E-state index contributed by atoms with van der Waals surface area (Å²) < 4.78 is 23.1. The molecule has 0 aromatic carbocycles. The van der Waals surface area contributed by atoms with E-state index in [0.717, 1.165) is 70.6 Å². The van der Waals surface area contributed by atoms with Crippen LogP contribution in [-0.2, 0) is 33.3 Å². The van der Waals surface area contributed by atoms with Gasteiger partial charge in [-0.1, -0.05) is 363 Å². The van der Waals surface area contributed by atoms with E-state index >= 15 is 0 Å². The second-order valence-corrected chi connectivity index (χ2v) is 28.3. The zero-order valence-electron chi connectivity index (χ0n) is 62.2. The molecule has 0 radical (unpaired) electrons. The Balaban J connectivity index is 3.97. The molecule has 0 rings (SSSR count). The van der Waals surface area contributed by atoms with Gasteiger partial charge >= 0.3 is 17.9 Å². The summed E-state index contributed by atoms with van der Waals surface area (Å²) in [6.45, 7) is 4.83. The van der Waals surface area contributed by atoms with Crippen molar-refractivity contribution in [3.8, 4) is 0 Å². The molecule has 2 unspecified atom stereocenters. The van der Waals surface area contributed by atoms with E-state index in [2.05, 4.69) is 86.8 Å². The number of carboxylic acid groups (broad SMARTS) is 1. The van der Waals surface area contributed by atoms with Crippen LogP contribution in [0, 0.1) is 0 Å². The van der Waals surface area contributed by atoms with Crippen molar-refractivity contribution in [3.63, 3.8) is 0 Å². The van der Waals surface area contributed by atoms with Gasteiger partial charge in [0.2, 0.25) is 0 Å². The Kier molecular flexibility index (Phi) is 71.9. The summed E-state index contributed by atoms with van der Waals surface area (Å²) in [5.41, 5.74) is 0. The predicted octanol–water partition coefficient (Wildman–Crippen LogP) is 25.6. The van der Waals surface area contributed by atoms with Crippen LogP contribution in [0.15, 0.2) is 72.9 Å². The van der Waals surface area contributed by atoms with E-state index in [0.29, 0.717) is 17.4 Å². The van der Waals surface area contributed by atoms with Crippen LogP contribution in [0.25, 0.3) is 0 Å². The van der Waals surface area contributed by atoms with Crippen LogP contribution in [0.2, 0.25) is 0 Å². The van der Waals surface area contributed by atoms with E-state index in [1.165, 1.54) is 289 Å². The highest BCUT2D eigenvalue weighted by Crippen LogP contribution is 2.19. The number of ether oxygens (including phenoxy) is 4. The van der Waals surface area contributed by atoms with E-state index < -0.39 is 18.4 Å². The lowest BCUT2D eigenvalue weighted by molar-refractivity contribution is -0.870. The zero-order chi connectivity index (χ0) is 67.5. The van der Waals surface area contributed by atoms with E-state index in [1.807, 2.05) is 21.1 Å². The maximum Gasteiger partial charge on any atom is 0.361 e. The first-order chi connectivity index (χ1) is 45.6. The summed E-state index contributed by atoms with van der Waals surface area (Å²) in [7, 11) is 6.00. The van der Waals surface area contributed by atoms with Crippen molar-refractivity contribution < 1.29 is 42.9 Å². The molecule has 1 N–H and O–H groups in total. The minimum atomic E-state index is -1.51. The Morgan fingerprint density at radius 1 is 0.333 bits per heavy atom. The second-order valence-electron chi connectivity index (χ2n) is 28.3. The van der Waals surface area contributed by atoms with Crippen molar-refractivity contribution in [2.45, 2.75) is 399 Å². The number of hydrogen-bond donors (Lipinski definition) is 1. The SMILES string of the molecule is CC/C=C\C/C=C\C/C=C\C/C=C\C/C=C\CCCCCCCCCCCCCCCCCCCCCCCCCC(=O)OC(COC(=O)CCCCCCCCCCCCCCCCCCC/C=C\CCCCCCCCCC)COC(OCC[N+](C)(C)C)C(=O)O. The molecule has 0 aliphatic rings. The average Bonchev–Trinajstić information content (AvgIpc) is 3.38. The molecule has 9 nitrogen and oxygen atoms in total. The van der Waals surface area contributed by atoms with E-state index in [1.54, 1.807) is 0 Å². The number of quaternary nitrogens is 1. The quantitative estimate of drug-likeness (QED) is 0.0211. The molecule has 0 fully saturated rings. The Morgan fingerprint density at radius 2 is 0.613 bits per heavy atom. The Morgan fingerprint density at radius 3 is 0.925 bits per heavy atom. The van der Waals surface area contributed by atoms with Crippen molar-refractivity contribution >= 4 is 17.9 Å². The third kappa shape index (κ3) is 76.0. The standard InChI is InChI=1S/C84H153NO8/c1-6-8-10-12-14-16-18-20-22-24-26-28-30-32-34-36-37-38-39-40-41-42-43-44-45-47-49-51-53-55-57-59-61-63-65-67-69-71-73-75-82(87)93-80(79-92-84(83(88)89)90-77-76-85(3,4)5)78-91-81(86)74-72-70-68-66-64-62-60-58-56-54-52-50-48-46-35-33-31-29-27-25-23-21-19-17-15-13-11-9-7-2/h8,10,14,16,20,22,25-28,32,34,80,84H,6-7,9,11-13,15,17-19,21,23-24,29-31,33,35-79H2,1-5H3/p+1/b10-8-,16-14-,22-20-,27-25-,28-26-,34-32-. The summed E-state index contributed by atoms with van der Waals surface area (Å²) in [5, 5.41) is 9.77. The topological polar surface area (TPSA) is 108 Å². The molecule has 0 heterocycles.